The average molecular weight is 267 g/mol. The lowest BCUT2D eigenvalue weighted by molar-refractivity contribution is 0.243. The molecule has 2 nitrogen and oxygen atoms in total. The topological polar surface area (TPSA) is 12.5 Å². The molecule has 0 heterocycles. The fraction of sp³-hybridized carbons (Fsp3) is 0.625. The number of benzene rings is 1. The maximum atomic E-state index is 13.8. The predicted octanol–water partition coefficient (Wildman–Crippen LogP) is 4.06. The van der Waals surface area contributed by atoms with Gasteiger partial charge in [-0.25, -0.2) is 4.39 Å². The van der Waals surface area contributed by atoms with Gasteiger partial charge in [-0.3, -0.25) is 0 Å². The molecule has 19 heavy (non-hydrogen) atoms. The first-order chi connectivity index (χ1) is 9.08. The standard InChI is InChI=1S/C16H26FNO/c1-5-18(6-2)10-7-11-19-16-9-8-14(13(3)4)12-15(16)17/h8-9,12-13H,5-7,10-11H2,1-4H3. The minimum Gasteiger partial charge on any atom is -0.490 e. The molecule has 1 aromatic carbocycles. The summed E-state index contributed by atoms with van der Waals surface area (Å²) in [6.45, 7) is 12.1. The monoisotopic (exact) mass is 267 g/mol. The van der Waals surface area contributed by atoms with Crippen LogP contribution in [0.5, 0.6) is 5.75 Å². The average Bonchev–Trinajstić information content (AvgIpc) is 2.40. The van der Waals surface area contributed by atoms with Crippen LogP contribution in [0.2, 0.25) is 0 Å². The molecule has 0 N–H and O–H groups in total. The first-order valence-corrected chi connectivity index (χ1v) is 7.23. The minimum absolute atomic E-state index is 0.256. The molecule has 0 fully saturated rings. The van der Waals surface area contributed by atoms with Crippen LogP contribution in [0.3, 0.4) is 0 Å². The second-order valence-corrected chi connectivity index (χ2v) is 5.07. The van der Waals surface area contributed by atoms with Crippen molar-refractivity contribution in [3.63, 3.8) is 0 Å². The van der Waals surface area contributed by atoms with E-state index >= 15 is 0 Å². The SMILES string of the molecule is CCN(CC)CCCOc1ccc(C(C)C)cc1F. The zero-order valence-corrected chi connectivity index (χ0v) is 12.6. The Labute approximate surface area is 116 Å². The summed E-state index contributed by atoms with van der Waals surface area (Å²) < 4.78 is 19.3. The number of rotatable bonds is 8. The fourth-order valence-corrected chi connectivity index (χ4v) is 2.00. The quantitative estimate of drug-likeness (QED) is 0.659. The van der Waals surface area contributed by atoms with Gasteiger partial charge >= 0.3 is 0 Å². The molecule has 0 aromatic heterocycles. The van der Waals surface area contributed by atoms with Crippen molar-refractivity contribution >= 4 is 0 Å². The van der Waals surface area contributed by atoms with Gasteiger partial charge < -0.3 is 9.64 Å². The molecule has 0 unspecified atom stereocenters. The molecule has 0 atom stereocenters. The van der Waals surface area contributed by atoms with Crippen LogP contribution >= 0.6 is 0 Å². The molecule has 0 saturated carbocycles. The Morgan fingerprint density at radius 3 is 2.42 bits per heavy atom. The Hall–Kier alpha value is -1.09. The van der Waals surface area contributed by atoms with E-state index in [9.17, 15) is 4.39 Å². The van der Waals surface area contributed by atoms with Crippen molar-refractivity contribution in [2.45, 2.75) is 40.0 Å². The first kappa shape index (κ1) is 16.0. The third kappa shape index (κ3) is 5.19. The van der Waals surface area contributed by atoms with Gasteiger partial charge in [0.15, 0.2) is 11.6 Å². The molecule has 0 aliphatic heterocycles. The van der Waals surface area contributed by atoms with E-state index in [-0.39, 0.29) is 5.82 Å². The van der Waals surface area contributed by atoms with Gasteiger partial charge in [-0.2, -0.15) is 0 Å². The van der Waals surface area contributed by atoms with Crippen LogP contribution in [0.4, 0.5) is 4.39 Å². The summed E-state index contributed by atoms with van der Waals surface area (Å²) in [4.78, 5) is 2.33. The highest BCUT2D eigenvalue weighted by molar-refractivity contribution is 5.30. The Morgan fingerprint density at radius 2 is 1.89 bits per heavy atom. The van der Waals surface area contributed by atoms with Gasteiger partial charge in [-0.05, 0) is 43.1 Å². The number of ether oxygens (including phenoxy) is 1. The molecule has 108 valence electrons. The molecular formula is C16H26FNO. The van der Waals surface area contributed by atoms with Crippen LogP contribution in [0.1, 0.15) is 45.6 Å². The van der Waals surface area contributed by atoms with Crippen molar-refractivity contribution < 1.29 is 9.13 Å². The van der Waals surface area contributed by atoms with Crippen molar-refractivity contribution in [3.05, 3.63) is 29.6 Å². The van der Waals surface area contributed by atoms with E-state index in [2.05, 4.69) is 32.6 Å². The van der Waals surface area contributed by atoms with Crippen LogP contribution in [0, 0.1) is 5.82 Å². The van der Waals surface area contributed by atoms with E-state index in [0.717, 1.165) is 31.6 Å². The Balaban J connectivity index is 2.41. The summed E-state index contributed by atoms with van der Waals surface area (Å²) in [6, 6.07) is 5.25. The molecule has 0 spiro atoms. The molecular weight excluding hydrogens is 241 g/mol. The van der Waals surface area contributed by atoms with Crippen molar-refractivity contribution in [1.29, 1.82) is 0 Å². The summed E-state index contributed by atoms with van der Waals surface area (Å²) >= 11 is 0. The summed E-state index contributed by atoms with van der Waals surface area (Å²) in [5.74, 6) is 0.448. The second kappa shape index (κ2) is 8.16. The van der Waals surface area contributed by atoms with Gasteiger partial charge in [-0.1, -0.05) is 33.8 Å². The van der Waals surface area contributed by atoms with Gasteiger partial charge in [-0.15, -0.1) is 0 Å². The van der Waals surface area contributed by atoms with Crippen LogP contribution in [0.25, 0.3) is 0 Å². The van der Waals surface area contributed by atoms with Crippen molar-refractivity contribution in [1.82, 2.24) is 4.90 Å². The molecule has 3 heteroatoms. The maximum absolute atomic E-state index is 13.8. The Morgan fingerprint density at radius 1 is 1.21 bits per heavy atom. The van der Waals surface area contributed by atoms with Crippen LogP contribution in [-0.4, -0.2) is 31.1 Å². The molecule has 1 rings (SSSR count). The molecule has 1 aromatic rings. The molecule has 0 bridgehead atoms. The number of hydrogen-bond acceptors (Lipinski definition) is 2. The van der Waals surface area contributed by atoms with Crippen LogP contribution in [0.15, 0.2) is 18.2 Å². The Bertz CT molecular complexity index is 375. The number of nitrogens with zero attached hydrogens (tertiary/aromatic N) is 1. The van der Waals surface area contributed by atoms with E-state index < -0.39 is 0 Å². The molecule has 0 aliphatic rings. The van der Waals surface area contributed by atoms with Gasteiger partial charge in [0.05, 0.1) is 6.61 Å². The predicted molar refractivity (Wildman–Crippen MR) is 78.4 cm³/mol. The van der Waals surface area contributed by atoms with Crippen LogP contribution < -0.4 is 4.74 Å². The largest absolute Gasteiger partial charge is 0.490 e. The van der Waals surface area contributed by atoms with Gasteiger partial charge in [0, 0.05) is 6.54 Å². The maximum Gasteiger partial charge on any atom is 0.165 e. The molecule has 0 aliphatic carbocycles. The fourth-order valence-electron chi connectivity index (χ4n) is 2.00. The first-order valence-electron chi connectivity index (χ1n) is 7.23. The second-order valence-electron chi connectivity index (χ2n) is 5.07. The molecule has 0 radical (unpaired) electrons. The lowest BCUT2D eigenvalue weighted by Gasteiger charge is -2.17. The summed E-state index contributed by atoms with van der Waals surface area (Å²) in [5.41, 5.74) is 1.01. The van der Waals surface area contributed by atoms with E-state index in [0.29, 0.717) is 18.3 Å². The molecule has 0 amide bonds. The third-order valence-corrected chi connectivity index (χ3v) is 3.39. The van der Waals surface area contributed by atoms with Gasteiger partial charge in [0.1, 0.15) is 0 Å². The lowest BCUT2D eigenvalue weighted by Crippen LogP contribution is -2.25. The van der Waals surface area contributed by atoms with Crippen molar-refractivity contribution in [2.75, 3.05) is 26.2 Å². The minimum atomic E-state index is -0.256. The highest BCUT2D eigenvalue weighted by atomic mass is 19.1. The number of halogens is 1. The van der Waals surface area contributed by atoms with Crippen molar-refractivity contribution in [2.24, 2.45) is 0 Å². The van der Waals surface area contributed by atoms with E-state index in [1.54, 1.807) is 12.1 Å². The third-order valence-electron chi connectivity index (χ3n) is 3.39. The number of hydrogen-bond donors (Lipinski definition) is 0. The summed E-state index contributed by atoms with van der Waals surface area (Å²) in [6.07, 6.45) is 0.924. The van der Waals surface area contributed by atoms with Gasteiger partial charge in [0.2, 0.25) is 0 Å². The highest BCUT2D eigenvalue weighted by Crippen LogP contribution is 2.22. The summed E-state index contributed by atoms with van der Waals surface area (Å²) in [5, 5.41) is 0. The van der Waals surface area contributed by atoms with E-state index in [4.69, 9.17) is 4.74 Å². The zero-order chi connectivity index (χ0) is 14.3. The lowest BCUT2D eigenvalue weighted by atomic mass is 10.0. The van der Waals surface area contributed by atoms with E-state index in [1.165, 1.54) is 0 Å². The zero-order valence-electron chi connectivity index (χ0n) is 12.6. The van der Waals surface area contributed by atoms with Crippen LogP contribution in [-0.2, 0) is 0 Å². The van der Waals surface area contributed by atoms with E-state index in [1.807, 2.05) is 6.07 Å². The summed E-state index contributed by atoms with van der Waals surface area (Å²) in [7, 11) is 0. The molecule has 0 saturated heterocycles. The normalized spacial score (nSPS) is 11.3. The smallest absolute Gasteiger partial charge is 0.165 e. The van der Waals surface area contributed by atoms with Crippen molar-refractivity contribution in [3.8, 4) is 5.75 Å². The van der Waals surface area contributed by atoms with Gasteiger partial charge in [0.25, 0.3) is 0 Å². The Kier molecular flexibility index (Phi) is 6.85. The highest BCUT2D eigenvalue weighted by Gasteiger charge is 2.07.